The van der Waals surface area contributed by atoms with E-state index in [0.29, 0.717) is 24.0 Å². The SMILES string of the molecule is CC(C)N(CCC#N)Cc1nnsc1N. The lowest BCUT2D eigenvalue weighted by atomic mass is 10.2. The summed E-state index contributed by atoms with van der Waals surface area (Å²) in [6.07, 6.45) is 0.523. The molecule has 0 spiro atoms. The second-order valence-electron chi connectivity index (χ2n) is 3.56. The second-order valence-corrected chi connectivity index (χ2v) is 4.34. The van der Waals surface area contributed by atoms with Crippen molar-refractivity contribution in [3.8, 4) is 6.07 Å². The van der Waals surface area contributed by atoms with E-state index in [9.17, 15) is 0 Å². The molecule has 1 heterocycles. The maximum absolute atomic E-state index is 8.55. The van der Waals surface area contributed by atoms with Crippen molar-refractivity contribution in [1.29, 1.82) is 5.26 Å². The van der Waals surface area contributed by atoms with Gasteiger partial charge >= 0.3 is 0 Å². The Balaban J connectivity index is 2.59. The highest BCUT2D eigenvalue weighted by molar-refractivity contribution is 7.09. The Bertz CT molecular complexity index is 341. The summed E-state index contributed by atoms with van der Waals surface area (Å²) in [5.41, 5.74) is 6.53. The van der Waals surface area contributed by atoms with Gasteiger partial charge in [-0.1, -0.05) is 4.49 Å². The minimum Gasteiger partial charge on any atom is -0.388 e. The standard InChI is InChI=1S/C9H15N5S/c1-7(2)14(5-3-4-10)6-8-9(11)15-13-12-8/h7H,3,5-6,11H2,1-2H3. The number of hydrogen-bond donors (Lipinski definition) is 1. The molecule has 1 aromatic rings. The highest BCUT2D eigenvalue weighted by Gasteiger charge is 2.13. The van der Waals surface area contributed by atoms with Gasteiger partial charge < -0.3 is 5.73 Å². The molecule has 0 saturated carbocycles. The van der Waals surface area contributed by atoms with Crippen molar-refractivity contribution in [2.75, 3.05) is 12.3 Å². The molecular weight excluding hydrogens is 210 g/mol. The number of nitrogens with two attached hydrogens (primary N) is 1. The summed E-state index contributed by atoms with van der Waals surface area (Å²) in [5, 5.41) is 13.2. The molecule has 0 aliphatic rings. The van der Waals surface area contributed by atoms with Crippen LogP contribution < -0.4 is 5.73 Å². The number of nitriles is 1. The van der Waals surface area contributed by atoms with Crippen LogP contribution in [0.1, 0.15) is 26.0 Å². The molecule has 82 valence electrons. The first-order valence-electron chi connectivity index (χ1n) is 4.83. The lowest BCUT2D eigenvalue weighted by Crippen LogP contribution is -2.31. The van der Waals surface area contributed by atoms with Crippen LogP contribution >= 0.6 is 11.5 Å². The zero-order valence-corrected chi connectivity index (χ0v) is 9.79. The average molecular weight is 225 g/mol. The molecule has 5 nitrogen and oxygen atoms in total. The van der Waals surface area contributed by atoms with Gasteiger partial charge in [0, 0.05) is 37.1 Å². The maximum Gasteiger partial charge on any atom is 0.132 e. The Hall–Kier alpha value is -1.19. The van der Waals surface area contributed by atoms with Crippen LogP contribution in [0.15, 0.2) is 0 Å². The monoisotopic (exact) mass is 225 g/mol. The Morgan fingerprint density at radius 3 is 2.80 bits per heavy atom. The predicted molar refractivity (Wildman–Crippen MR) is 60.1 cm³/mol. The Kier molecular flexibility index (Phi) is 4.46. The van der Waals surface area contributed by atoms with Gasteiger partial charge in [0.1, 0.15) is 10.7 Å². The number of anilines is 1. The summed E-state index contributed by atoms with van der Waals surface area (Å²) in [5.74, 6) is 0. The third-order valence-electron chi connectivity index (χ3n) is 2.18. The van der Waals surface area contributed by atoms with Crippen LogP contribution in [0.3, 0.4) is 0 Å². The summed E-state index contributed by atoms with van der Waals surface area (Å²) < 4.78 is 3.79. The van der Waals surface area contributed by atoms with Gasteiger partial charge in [-0.3, -0.25) is 4.90 Å². The van der Waals surface area contributed by atoms with Crippen LogP contribution in [0.5, 0.6) is 0 Å². The molecule has 0 fully saturated rings. The molecule has 0 aromatic carbocycles. The molecule has 2 N–H and O–H groups in total. The molecule has 15 heavy (non-hydrogen) atoms. The number of nitrogen functional groups attached to an aromatic ring is 1. The van der Waals surface area contributed by atoms with E-state index >= 15 is 0 Å². The minimum absolute atomic E-state index is 0.374. The first-order valence-corrected chi connectivity index (χ1v) is 5.60. The van der Waals surface area contributed by atoms with Crippen molar-refractivity contribution in [3.05, 3.63) is 5.69 Å². The van der Waals surface area contributed by atoms with Crippen molar-refractivity contribution in [2.45, 2.75) is 32.9 Å². The highest BCUT2D eigenvalue weighted by Crippen LogP contribution is 2.16. The lowest BCUT2D eigenvalue weighted by Gasteiger charge is -2.24. The zero-order valence-electron chi connectivity index (χ0n) is 8.97. The van der Waals surface area contributed by atoms with Crippen LogP contribution in [0.2, 0.25) is 0 Å². The van der Waals surface area contributed by atoms with Crippen LogP contribution in [-0.2, 0) is 6.54 Å². The normalized spacial score (nSPS) is 10.9. The van der Waals surface area contributed by atoms with Crippen molar-refractivity contribution < 1.29 is 0 Å². The van der Waals surface area contributed by atoms with Gasteiger partial charge in [0.15, 0.2) is 0 Å². The minimum atomic E-state index is 0.374. The van der Waals surface area contributed by atoms with E-state index in [2.05, 4.69) is 34.4 Å². The summed E-state index contributed by atoms with van der Waals surface area (Å²) in [6.45, 7) is 5.59. The molecule has 0 radical (unpaired) electrons. The van der Waals surface area contributed by atoms with Crippen molar-refractivity contribution in [1.82, 2.24) is 14.5 Å². The van der Waals surface area contributed by atoms with E-state index in [-0.39, 0.29) is 0 Å². The number of aromatic nitrogens is 2. The molecule has 0 unspecified atom stereocenters. The van der Waals surface area contributed by atoms with E-state index in [4.69, 9.17) is 11.0 Å². The fourth-order valence-electron chi connectivity index (χ4n) is 1.23. The van der Waals surface area contributed by atoms with Crippen LogP contribution in [0.4, 0.5) is 5.00 Å². The molecule has 0 saturated heterocycles. The van der Waals surface area contributed by atoms with Crippen molar-refractivity contribution >= 4 is 16.5 Å². The summed E-state index contributed by atoms with van der Waals surface area (Å²) >= 11 is 1.21. The van der Waals surface area contributed by atoms with Crippen LogP contribution in [0.25, 0.3) is 0 Å². The van der Waals surface area contributed by atoms with Crippen LogP contribution in [0, 0.1) is 11.3 Å². The molecule has 0 bridgehead atoms. The molecule has 0 atom stereocenters. The summed E-state index contributed by atoms with van der Waals surface area (Å²) in [4.78, 5) is 2.16. The van der Waals surface area contributed by atoms with Gasteiger partial charge in [0.05, 0.1) is 6.07 Å². The highest BCUT2D eigenvalue weighted by atomic mass is 32.1. The van der Waals surface area contributed by atoms with Gasteiger partial charge in [-0.15, -0.1) is 5.10 Å². The maximum atomic E-state index is 8.55. The Morgan fingerprint density at radius 1 is 1.60 bits per heavy atom. The number of nitrogens with zero attached hydrogens (tertiary/aromatic N) is 4. The lowest BCUT2D eigenvalue weighted by molar-refractivity contribution is 0.215. The third kappa shape index (κ3) is 3.46. The van der Waals surface area contributed by atoms with Crippen molar-refractivity contribution in [2.24, 2.45) is 0 Å². The van der Waals surface area contributed by atoms with Gasteiger partial charge in [-0.25, -0.2) is 0 Å². The zero-order chi connectivity index (χ0) is 11.3. The predicted octanol–water partition coefficient (Wildman–Crippen LogP) is 1.24. The number of hydrogen-bond acceptors (Lipinski definition) is 6. The number of rotatable bonds is 5. The van der Waals surface area contributed by atoms with E-state index in [0.717, 1.165) is 12.2 Å². The van der Waals surface area contributed by atoms with E-state index < -0.39 is 0 Å². The largest absolute Gasteiger partial charge is 0.388 e. The van der Waals surface area contributed by atoms with Crippen molar-refractivity contribution in [3.63, 3.8) is 0 Å². The Labute approximate surface area is 93.7 Å². The van der Waals surface area contributed by atoms with Gasteiger partial charge in [-0.05, 0) is 13.8 Å². The quantitative estimate of drug-likeness (QED) is 0.815. The van der Waals surface area contributed by atoms with E-state index in [1.165, 1.54) is 11.5 Å². The second kappa shape index (κ2) is 5.63. The van der Waals surface area contributed by atoms with Gasteiger partial charge in [0.25, 0.3) is 0 Å². The third-order valence-corrected chi connectivity index (χ3v) is 2.77. The molecule has 1 rings (SSSR count). The molecular formula is C9H15N5S. The smallest absolute Gasteiger partial charge is 0.132 e. The molecule has 0 aliphatic carbocycles. The van der Waals surface area contributed by atoms with E-state index in [1.807, 2.05) is 0 Å². The summed E-state index contributed by atoms with van der Waals surface area (Å²) in [6, 6.07) is 2.52. The average Bonchev–Trinajstić information content (AvgIpc) is 2.58. The Morgan fingerprint density at radius 2 is 2.33 bits per heavy atom. The van der Waals surface area contributed by atoms with Gasteiger partial charge in [-0.2, -0.15) is 5.26 Å². The fraction of sp³-hybridized carbons (Fsp3) is 0.667. The first kappa shape index (κ1) is 11.9. The molecule has 1 aromatic heterocycles. The topological polar surface area (TPSA) is 78.8 Å². The molecule has 6 heteroatoms. The molecule has 0 amide bonds. The summed E-state index contributed by atoms with van der Waals surface area (Å²) in [7, 11) is 0. The van der Waals surface area contributed by atoms with Crippen LogP contribution in [-0.4, -0.2) is 27.1 Å². The van der Waals surface area contributed by atoms with Gasteiger partial charge in [0.2, 0.25) is 0 Å². The fourth-order valence-corrected chi connectivity index (χ4v) is 1.67. The van der Waals surface area contributed by atoms with E-state index in [1.54, 1.807) is 0 Å². The first-order chi connectivity index (χ1) is 7.15. The molecule has 0 aliphatic heterocycles.